The molecule has 2 aliphatic rings. The fourth-order valence-electron chi connectivity index (χ4n) is 3.52. The fraction of sp³-hybridized carbons (Fsp3) is 0.500. The number of aromatic nitrogens is 1. The van der Waals surface area contributed by atoms with Crippen LogP contribution in [0.4, 0.5) is 5.69 Å². The zero-order valence-electron chi connectivity index (χ0n) is 13.1. The minimum atomic E-state index is 0.495. The Labute approximate surface area is 155 Å². The van der Waals surface area contributed by atoms with E-state index in [0.717, 1.165) is 5.75 Å². The van der Waals surface area contributed by atoms with Gasteiger partial charge in [-0.15, -0.1) is 11.8 Å². The van der Waals surface area contributed by atoms with E-state index in [0.29, 0.717) is 12.1 Å². The van der Waals surface area contributed by atoms with Crippen LogP contribution in [-0.4, -0.2) is 32.3 Å². The lowest BCUT2D eigenvalue weighted by Gasteiger charge is -2.14. The van der Waals surface area contributed by atoms with Crippen LogP contribution in [0.1, 0.15) is 37.8 Å². The van der Waals surface area contributed by atoms with Gasteiger partial charge in [-0.1, -0.05) is 47.6 Å². The maximum absolute atomic E-state index is 4.90. The molecule has 2 heterocycles. The molecule has 0 spiro atoms. The molecule has 1 aromatic heterocycles. The third kappa shape index (κ3) is 3.40. The summed E-state index contributed by atoms with van der Waals surface area (Å²) in [5, 5.41) is 6.20. The van der Waals surface area contributed by atoms with Crippen molar-refractivity contribution in [2.24, 2.45) is 4.99 Å². The Bertz CT molecular complexity index is 718. The number of anilines is 1. The van der Waals surface area contributed by atoms with E-state index in [-0.39, 0.29) is 0 Å². The van der Waals surface area contributed by atoms with Crippen LogP contribution in [0, 0.1) is 0 Å². The highest BCUT2D eigenvalue weighted by Gasteiger charge is 2.21. The minimum absolute atomic E-state index is 0.495. The molecule has 5 heteroatoms. The predicted molar refractivity (Wildman–Crippen MR) is 110 cm³/mol. The van der Waals surface area contributed by atoms with Crippen LogP contribution in [0.5, 0.6) is 0 Å². The quantitative estimate of drug-likeness (QED) is 0.496. The molecular formula is C18H22IN3S. The third-order valence-electron chi connectivity index (χ3n) is 4.76. The molecule has 0 radical (unpaired) electrons. The Hall–Kier alpha value is -0.690. The Morgan fingerprint density at radius 3 is 3.00 bits per heavy atom. The molecule has 122 valence electrons. The molecule has 0 amide bonds. The fourth-order valence-corrected chi connectivity index (χ4v) is 5.32. The summed E-state index contributed by atoms with van der Waals surface area (Å²) < 4.78 is 1.18. The first-order valence-corrected chi connectivity index (χ1v) is 11.0. The summed E-state index contributed by atoms with van der Waals surface area (Å²) in [4.78, 5) is 8.53. The lowest BCUT2D eigenvalue weighted by Crippen LogP contribution is -2.14. The van der Waals surface area contributed by atoms with Gasteiger partial charge in [-0.3, -0.25) is 4.99 Å². The van der Waals surface area contributed by atoms with E-state index >= 15 is 0 Å². The molecule has 1 saturated carbocycles. The van der Waals surface area contributed by atoms with Gasteiger partial charge in [-0.25, -0.2) is 0 Å². The van der Waals surface area contributed by atoms with Crippen LogP contribution >= 0.6 is 34.4 Å². The highest BCUT2D eigenvalue weighted by atomic mass is 127. The van der Waals surface area contributed by atoms with E-state index in [9.17, 15) is 0 Å². The molecule has 2 aromatic rings. The minimum Gasteiger partial charge on any atom is -0.381 e. The van der Waals surface area contributed by atoms with Crippen molar-refractivity contribution in [1.82, 2.24) is 4.98 Å². The summed E-state index contributed by atoms with van der Waals surface area (Å²) >= 11 is 4.34. The molecule has 1 fully saturated rings. The zero-order chi connectivity index (χ0) is 15.6. The Morgan fingerprint density at radius 2 is 2.17 bits per heavy atom. The van der Waals surface area contributed by atoms with E-state index in [2.05, 4.69) is 57.2 Å². The summed E-state index contributed by atoms with van der Waals surface area (Å²) in [7, 11) is 0. The molecular weight excluding hydrogens is 417 g/mol. The molecule has 4 rings (SSSR count). The summed E-state index contributed by atoms with van der Waals surface area (Å²) in [5.74, 6) is 1.13. The van der Waals surface area contributed by atoms with E-state index in [1.54, 1.807) is 0 Å². The van der Waals surface area contributed by atoms with Gasteiger partial charge in [0.25, 0.3) is 0 Å². The monoisotopic (exact) mass is 439 g/mol. The molecule has 23 heavy (non-hydrogen) atoms. The highest BCUT2D eigenvalue weighted by Crippen LogP contribution is 2.31. The van der Waals surface area contributed by atoms with Crippen molar-refractivity contribution in [3.63, 3.8) is 0 Å². The maximum Gasteiger partial charge on any atom is 0.114 e. The second kappa shape index (κ2) is 7.05. The van der Waals surface area contributed by atoms with Gasteiger partial charge < -0.3 is 10.3 Å². The number of fused-ring (bicyclic) bond motifs is 1. The number of nitrogens with zero attached hydrogens (tertiary/aromatic N) is 1. The summed E-state index contributed by atoms with van der Waals surface area (Å²) in [6.07, 6.45) is 6.49. The van der Waals surface area contributed by atoms with Gasteiger partial charge in [0.2, 0.25) is 0 Å². The normalized spacial score (nSPS) is 22.0. The van der Waals surface area contributed by atoms with Crippen LogP contribution < -0.4 is 5.32 Å². The van der Waals surface area contributed by atoms with E-state index < -0.39 is 0 Å². The van der Waals surface area contributed by atoms with E-state index in [1.807, 2.05) is 11.8 Å². The van der Waals surface area contributed by atoms with Crippen molar-refractivity contribution in [2.45, 2.75) is 44.2 Å². The van der Waals surface area contributed by atoms with Gasteiger partial charge >= 0.3 is 0 Å². The number of aliphatic imine (C=N–C) groups is 1. The SMILES string of the molecule is ICCC1CSC(c2cc3cccc(NC4CCCC4)c3[nH]2)=N1. The number of benzene rings is 1. The summed E-state index contributed by atoms with van der Waals surface area (Å²) in [5.41, 5.74) is 3.66. The van der Waals surface area contributed by atoms with Crippen molar-refractivity contribution in [3.05, 3.63) is 30.0 Å². The van der Waals surface area contributed by atoms with Crippen LogP contribution in [0.2, 0.25) is 0 Å². The number of H-pyrrole nitrogens is 1. The van der Waals surface area contributed by atoms with Crippen molar-refractivity contribution >= 4 is 56.0 Å². The average Bonchev–Trinajstić information content (AvgIpc) is 3.27. The van der Waals surface area contributed by atoms with E-state index in [1.165, 1.54) is 63.9 Å². The summed E-state index contributed by atoms with van der Waals surface area (Å²) in [6.45, 7) is 0. The first-order valence-electron chi connectivity index (χ1n) is 8.48. The second-order valence-electron chi connectivity index (χ2n) is 6.46. The molecule has 0 saturated heterocycles. The molecule has 3 nitrogen and oxygen atoms in total. The summed E-state index contributed by atoms with van der Waals surface area (Å²) in [6, 6.07) is 9.93. The highest BCUT2D eigenvalue weighted by molar-refractivity contribution is 14.1. The Balaban J connectivity index is 1.61. The lowest BCUT2D eigenvalue weighted by atomic mass is 10.2. The molecule has 1 aromatic carbocycles. The number of aromatic amines is 1. The molecule has 1 atom stereocenters. The first-order chi connectivity index (χ1) is 11.3. The third-order valence-corrected chi connectivity index (χ3v) is 6.53. The number of halogens is 1. The Morgan fingerprint density at radius 1 is 1.30 bits per heavy atom. The maximum atomic E-state index is 4.90. The van der Waals surface area contributed by atoms with Crippen LogP contribution in [-0.2, 0) is 0 Å². The van der Waals surface area contributed by atoms with Gasteiger partial charge in [0.1, 0.15) is 5.04 Å². The van der Waals surface area contributed by atoms with Gasteiger partial charge in [-0.2, -0.15) is 0 Å². The van der Waals surface area contributed by atoms with Crippen molar-refractivity contribution < 1.29 is 0 Å². The largest absolute Gasteiger partial charge is 0.381 e. The number of thioether (sulfide) groups is 1. The van der Waals surface area contributed by atoms with Crippen LogP contribution in [0.3, 0.4) is 0 Å². The number of hydrogen-bond acceptors (Lipinski definition) is 3. The smallest absolute Gasteiger partial charge is 0.114 e. The van der Waals surface area contributed by atoms with Gasteiger partial charge in [0, 0.05) is 21.6 Å². The lowest BCUT2D eigenvalue weighted by molar-refractivity contribution is 0.751. The van der Waals surface area contributed by atoms with Crippen LogP contribution in [0.25, 0.3) is 10.9 Å². The van der Waals surface area contributed by atoms with Crippen LogP contribution in [0.15, 0.2) is 29.3 Å². The molecule has 2 N–H and O–H groups in total. The van der Waals surface area contributed by atoms with Gasteiger partial charge in [-0.05, 0) is 31.4 Å². The molecule has 0 bridgehead atoms. The second-order valence-corrected chi connectivity index (χ2v) is 8.54. The number of rotatable bonds is 5. The zero-order valence-corrected chi connectivity index (χ0v) is 16.1. The van der Waals surface area contributed by atoms with Gasteiger partial charge in [0.15, 0.2) is 0 Å². The standard InChI is InChI=1S/C18H22IN3S/c19-9-8-14-11-23-18(21-14)16-10-12-4-3-7-15(17(12)22-16)20-13-5-1-2-6-13/h3-4,7,10,13-14,20,22H,1-2,5-6,8-9,11H2. The number of alkyl halides is 1. The average molecular weight is 439 g/mol. The van der Waals surface area contributed by atoms with Crippen molar-refractivity contribution in [3.8, 4) is 0 Å². The molecule has 1 aliphatic carbocycles. The van der Waals surface area contributed by atoms with Crippen molar-refractivity contribution in [1.29, 1.82) is 0 Å². The number of nitrogens with one attached hydrogen (secondary N) is 2. The predicted octanol–water partition coefficient (Wildman–Crippen LogP) is 5.21. The Kier molecular flexibility index (Phi) is 4.85. The first kappa shape index (κ1) is 15.8. The molecule has 1 unspecified atom stereocenters. The number of para-hydroxylation sites is 1. The van der Waals surface area contributed by atoms with E-state index in [4.69, 9.17) is 4.99 Å². The number of hydrogen-bond donors (Lipinski definition) is 2. The molecule has 1 aliphatic heterocycles. The topological polar surface area (TPSA) is 40.2 Å². The van der Waals surface area contributed by atoms with Gasteiger partial charge in [0.05, 0.1) is 22.9 Å². The van der Waals surface area contributed by atoms with Crippen molar-refractivity contribution in [2.75, 3.05) is 15.5 Å².